The fourth-order valence-electron chi connectivity index (χ4n) is 6.11. The molecule has 3 saturated heterocycles. The van der Waals surface area contributed by atoms with Crippen LogP contribution < -0.4 is 10.2 Å². The summed E-state index contributed by atoms with van der Waals surface area (Å²) in [5.74, 6) is -2.36. The van der Waals surface area contributed by atoms with Crippen molar-refractivity contribution in [1.29, 1.82) is 0 Å². The summed E-state index contributed by atoms with van der Waals surface area (Å²) < 4.78 is 0. The fraction of sp³-hybridized carbons (Fsp3) is 0.364. The second-order valence-electron chi connectivity index (χ2n) is 8.65. The molecule has 0 aliphatic carbocycles. The van der Waals surface area contributed by atoms with Gasteiger partial charge in [-0.1, -0.05) is 40.9 Å². The zero-order valence-electron chi connectivity index (χ0n) is 16.6. The summed E-state index contributed by atoms with van der Waals surface area (Å²) >= 11 is 12.2. The maximum absolute atomic E-state index is 13.8. The first kappa shape index (κ1) is 19.2. The van der Waals surface area contributed by atoms with Gasteiger partial charge in [0.15, 0.2) is 0 Å². The van der Waals surface area contributed by atoms with Crippen molar-refractivity contribution in [2.75, 3.05) is 16.8 Å². The molecule has 4 aliphatic rings. The third-order valence-electron chi connectivity index (χ3n) is 7.12. The number of halogens is 2. The summed E-state index contributed by atoms with van der Waals surface area (Å²) in [5, 5.41) is 3.35. The number of nitrogens with one attached hydrogen (secondary N) is 1. The fourth-order valence-corrected chi connectivity index (χ4v) is 6.57. The number of imide groups is 1. The summed E-state index contributed by atoms with van der Waals surface area (Å²) in [6.07, 6.45) is 1.63. The van der Waals surface area contributed by atoms with E-state index in [9.17, 15) is 14.4 Å². The molecule has 158 valence electrons. The molecule has 4 aliphatic heterocycles. The summed E-state index contributed by atoms with van der Waals surface area (Å²) in [5.41, 5.74) is 1.27. The van der Waals surface area contributed by atoms with Crippen molar-refractivity contribution in [3.05, 3.63) is 51.6 Å². The maximum Gasteiger partial charge on any atom is 0.250 e. The molecule has 9 heteroatoms. The van der Waals surface area contributed by atoms with E-state index in [2.05, 4.69) is 15.2 Å². The number of rotatable bonds is 1. The van der Waals surface area contributed by atoms with Gasteiger partial charge in [-0.05, 0) is 38.4 Å². The van der Waals surface area contributed by atoms with Crippen LogP contribution in [0.4, 0.5) is 11.5 Å². The molecule has 1 aromatic carbocycles. The van der Waals surface area contributed by atoms with E-state index in [1.807, 2.05) is 25.1 Å². The number of carbonyl (C=O) groups is 3. The van der Waals surface area contributed by atoms with Gasteiger partial charge in [-0.25, -0.2) is 9.88 Å². The molecule has 0 radical (unpaired) electrons. The van der Waals surface area contributed by atoms with Crippen molar-refractivity contribution < 1.29 is 14.4 Å². The number of nitrogens with zero attached hydrogens (tertiary/aromatic N) is 3. The van der Waals surface area contributed by atoms with Gasteiger partial charge in [-0.2, -0.15) is 0 Å². The standard InChI is InChI=1S/C22H18Cl2N4O3/c1-10-4-5-13-12(7-10)22(21(31)25-13)18-17(14-3-2-6-27(14)22)19(29)28(20(18)30)16-9-11(23)8-15(24)26-16/h4-5,7-9,14,17-18H,2-3,6H2,1H3,(H,25,31). The van der Waals surface area contributed by atoms with Gasteiger partial charge in [0.25, 0.3) is 0 Å². The lowest BCUT2D eigenvalue weighted by Crippen LogP contribution is -2.54. The minimum Gasteiger partial charge on any atom is -0.324 e. The van der Waals surface area contributed by atoms with Crippen LogP contribution in [0.25, 0.3) is 0 Å². The van der Waals surface area contributed by atoms with E-state index in [4.69, 9.17) is 23.2 Å². The maximum atomic E-state index is 13.8. The second kappa shape index (κ2) is 6.28. The van der Waals surface area contributed by atoms with Crippen LogP contribution in [-0.4, -0.2) is 40.2 Å². The van der Waals surface area contributed by atoms with Crippen LogP contribution in [0.2, 0.25) is 10.2 Å². The number of aromatic nitrogens is 1. The SMILES string of the molecule is Cc1ccc2c(c1)C1(C(=O)N2)C2C(=O)N(c3cc(Cl)cc(Cl)n3)C(=O)C2C2CCCN21. The monoisotopic (exact) mass is 456 g/mol. The van der Waals surface area contributed by atoms with Gasteiger partial charge in [0.1, 0.15) is 16.5 Å². The van der Waals surface area contributed by atoms with E-state index < -0.39 is 23.3 Å². The van der Waals surface area contributed by atoms with Crippen molar-refractivity contribution in [3.8, 4) is 0 Å². The Morgan fingerprint density at radius 1 is 1.13 bits per heavy atom. The van der Waals surface area contributed by atoms with Gasteiger partial charge in [0, 0.05) is 28.4 Å². The Hall–Kier alpha value is -2.48. The molecule has 31 heavy (non-hydrogen) atoms. The first-order valence-corrected chi connectivity index (χ1v) is 11.0. The molecule has 4 atom stereocenters. The topological polar surface area (TPSA) is 82.6 Å². The molecule has 3 fully saturated rings. The molecule has 1 aromatic heterocycles. The van der Waals surface area contributed by atoms with Crippen LogP contribution in [0.1, 0.15) is 24.0 Å². The zero-order chi connectivity index (χ0) is 21.7. The van der Waals surface area contributed by atoms with Crippen molar-refractivity contribution >= 4 is 52.4 Å². The molecule has 0 bridgehead atoms. The van der Waals surface area contributed by atoms with Crippen LogP contribution in [0.15, 0.2) is 30.3 Å². The molecule has 1 spiro atoms. The summed E-state index contributed by atoms with van der Waals surface area (Å²) in [6, 6.07) is 8.47. The Bertz CT molecular complexity index is 1180. The minimum absolute atomic E-state index is 0.0944. The Morgan fingerprint density at radius 2 is 1.94 bits per heavy atom. The number of pyridine rings is 1. The lowest BCUT2D eigenvalue weighted by atomic mass is 9.75. The molecule has 0 saturated carbocycles. The molecule has 7 nitrogen and oxygen atoms in total. The Morgan fingerprint density at radius 3 is 2.71 bits per heavy atom. The van der Waals surface area contributed by atoms with Gasteiger partial charge in [0.2, 0.25) is 17.7 Å². The number of carbonyl (C=O) groups excluding carboxylic acids is 3. The number of anilines is 2. The number of benzene rings is 1. The molecule has 4 unspecified atom stereocenters. The van der Waals surface area contributed by atoms with Gasteiger partial charge in [-0.3, -0.25) is 19.3 Å². The Balaban J connectivity index is 1.57. The number of hydrogen-bond donors (Lipinski definition) is 1. The highest BCUT2D eigenvalue weighted by molar-refractivity contribution is 6.35. The number of fused-ring (bicyclic) bond motifs is 7. The van der Waals surface area contributed by atoms with Crippen molar-refractivity contribution in [3.63, 3.8) is 0 Å². The zero-order valence-corrected chi connectivity index (χ0v) is 18.1. The predicted molar refractivity (Wildman–Crippen MR) is 115 cm³/mol. The quantitative estimate of drug-likeness (QED) is 0.526. The third-order valence-corrected chi connectivity index (χ3v) is 7.53. The first-order chi connectivity index (χ1) is 14.8. The number of amides is 3. The molecule has 6 rings (SSSR count). The largest absolute Gasteiger partial charge is 0.324 e. The molecular formula is C22H18Cl2N4O3. The second-order valence-corrected chi connectivity index (χ2v) is 9.48. The number of aryl methyl sites for hydroxylation is 1. The lowest BCUT2D eigenvalue weighted by molar-refractivity contribution is -0.135. The Labute approximate surface area is 188 Å². The average molecular weight is 457 g/mol. The van der Waals surface area contributed by atoms with Gasteiger partial charge >= 0.3 is 0 Å². The highest BCUT2D eigenvalue weighted by atomic mass is 35.5. The lowest BCUT2D eigenvalue weighted by Gasteiger charge is -2.36. The van der Waals surface area contributed by atoms with Crippen molar-refractivity contribution in [1.82, 2.24) is 9.88 Å². The van der Waals surface area contributed by atoms with Crippen molar-refractivity contribution in [2.45, 2.75) is 31.3 Å². The third kappa shape index (κ3) is 2.29. The van der Waals surface area contributed by atoms with Crippen LogP contribution >= 0.6 is 23.2 Å². The van der Waals surface area contributed by atoms with Gasteiger partial charge < -0.3 is 5.32 Å². The highest BCUT2D eigenvalue weighted by Crippen LogP contribution is 2.60. The molecule has 5 heterocycles. The van der Waals surface area contributed by atoms with E-state index in [0.717, 1.165) is 28.9 Å². The summed E-state index contributed by atoms with van der Waals surface area (Å²) in [4.78, 5) is 48.3. The minimum atomic E-state index is -1.20. The normalized spacial score (nSPS) is 31.4. The summed E-state index contributed by atoms with van der Waals surface area (Å²) in [7, 11) is 0. The molecule has 2 aromatic rings. The van der Waals surface area contributed by atoms with E-state index >= 15 is 0 Å². The highest BCUT2D eigenvalue weighted by Gasteiger charge is 2.74. The van der Waals surface area contributed by atoms with E-state index in [0.29, 0.717) is 12.2 Å². The predicted octanol–water partition coefficient (Wildman–Crippen LogP) is 3.13. The van der Waals surface area contributed by atoms with Crippen LogP contribution in [0.3, 0.4) is 0 Å². The van der Waals surface area contributed by atoms with E-state index in [1.54, 1.807) is 0 Å². The van der Waals surface area contributed by atoms with Gasteiger partial charge in [-0.15, -0.1) is 0 Å². The van der Waals surface area contributed by atoms with Crippen molar-refractivity contribution in [2.24, 2.45) is 11.8 Å². The van der Waals surface area contributed by atoms with Crippen LogP contribution in [0, 0.1) is 18.8 Å². The molecule has 3 amide bonds. The number of hydrogen-bond acceptors (Lipinski definition) is 5. The first-order valence-electron chi connectivity index (χ1n) is 10.2. The molecular weight excluding hydrogens is 439 g/mol. The van der Waals surface area contributed by atoms with Crippen LogP contribution in [-0.2, 0) is 19.9 Å². The molecule has 1 N–H and O–H groups in total. The average Bonchev–Trinajstić information content (AvgIpc) is 3.39. The summed E-state index contributed by atoms with van der Waals surface area (Å²) in [6.45, 7) is 2.62. The van der Waals surface area contributed by atoms with E-state index in [-0.39, 0.29) is 33.8 Å². The van der Waals surface area contributed by atoms with E-state index in [1.165, 1.54) is 12.1 Å². The smallest absolute Gasteiger partial charge is 0.250 e. The van der Waals surface area contributed by atoms with Gasteiger partial charge in [0.05, 0.1) is 11.8 Å². The Kier molecular flexibility index (Phi) is 3.89. The van der Waals surface area contributed by atoms with Crippen LogP contribution in [0.5, 0.6) is 0 Å².